The predicted molar refractivity (Wildman–Crippen MR) is 93.1 cm³/mol. The van der Waals surface area contributed by atoms with Crippen LogP contribution in [-0.4, -0.2) is 46.1 Å². The molecule has 7 nitrogen and oxygen atoms in total. The van der Waals surface area contributed by atoms with Gasteiger partial charge in [0.1, 0.15) is 11.6 Å². The maximum atomic E-state index is 13.1. The van der Waals surface area contributed by atoms with E-state index in [2.05, 4.69) is 20.3 Å². The monoisotopic (exact) mass is 342 g/mol. The molecule has 4 rings (SSSR count). The summed E-state index contributed by atoms with van der Waals surface area (Å²) in [5.74, 6) is 1.15. The van der Waals surface area contributed by atoms with Gasteiger partial charge in [-0.25, -0.2) is 4.39 Å². The molecule has 25 heavy (non-hydrogen) atoms. The Kier molecular flexibility index (Phi) is 4.19. The molecule has 0 unspecified atom stereocenters. The van der Waals surface area contributed by atoms with E-state index in [-0.39, 0.29) is 5.82 Å². The molecule has 2 aromatic heterocycles. The highest BCUT2D eigenvalue weighted by Gasteiger charge is 2.18. The first-order chi connectivity index (χ1) is 12.2. The minimum Gasteiger partial charge on any atom is -0.378 e. The van der Waals surface area contributed by atoms with Gasteiger partial charge in [0.25, 0.3) is 0 Å². The number of nitrogens with zero attached hydrogens (tertiary/aromatic N) is 5. The zero-order chi connectivity index (χ0) is 17.2. The van der Waals surface area contributed by atoms with E-state index in [1.54, 1.807) is 23.0 Å². The van der Waals surface area contributed by atoms with Crippen molar-refractivity contribution in [2.75, 3.05) is 36.5 Å². The van der Waals surface area contributed by atoms with Crippen LogP contribution < -0.4 is 10.2 Å². The molecule has 3 aromatic rings. The molecule has 8 heteroatoms. The molecule has 0 bridgehead atoms. The fourth-order valence-corrected chi connectivity index (χ4v) is 2.84. The summed E-state index contributed by atoms with van der Waals surface area (Å²) in [7, 11) is 1.86. The minimum absolute atomic E-state index is 0.241. The first-order valence-corrected chi connectivity index (χ1v) is 8.21. The van der Waals surface area contributed by atoms with E-state index in [1.807, 2.05) is 7.05 Å². The number of hydrogen-bond acceptors (Lipinski definition) is 6. The molecule has 1 N–H and O–H groups in total. The quantitative estimate of drug-likeness (QED) is 0.782. The van der Waals surface area contributed by atoms with E-state index in [9.17, 15) is 4.39 Å². The number of ether oxygens (including phenoxy) is 1. The summed E-state index contributed by atoms with van der Waals surface area (Å²) in [6.45, 7) is 3.42. The summed E-state index contributed by atoms with van der Waals surface area (Å²) in [5, 5.41) is 8.48. The molecule has 1 saturated heterocycles. The van der Waals surface area contributed by atoms with Crippen LogP contribution in [0.4, 0.5) is 16.2 Å². The normalized spacial score (nSPS) is 14.9. The van der Waals surface area contributed by atoms with E-state index < -0.39 is 0 Å². The molecule has 0 aliphatic carbocycles. The van der Waals surface area contributed by atoms with Gasteiger partial charge in [0, 0.05) is 26.7 Å². The third kappa shape index (κ3) is 3.25. The minimum atomic E-state index is -0.241. The Morgan fingerprint density at radius 2 is 1.92 bits per heavy atom. The first-order valence-electron chi connectivity index (χ1n) is 8.21. The van der Waals surface area contributed by atoms with Gasteiger partial charge in [-0.1, -0.05) is 12.1 Å². The number of nitrogens with one attached hydrogen (secondary N) is 1. The number of aryl methyl sites for hydroxylation is 1. The van der Waals surface area contributed by atoms with Crippen molar-refractivity contribution < 1.29 is 9.13 Å². The van der Waals surface area contributed by atoms with Crippen LogP contribution in [0.1, 0.15) is 5.56 Å². The molecule has 3 heterocycles. The van der Waals surface area contributed by atoms with Crippen molar-refractivity contribution in [2.45, 2.75) is 6.54 Å². The fourth-order valence-electron chi connectivity index (χ4n) is 2.84. The highest BCUT2D eigenvalue weighted by atomic mass is 19.1. The predicted octanol–water partition coefficient (Wildman–Crippen LogP) is 1.95. The van der Waals surface area contributed by atoms with Gasteiger partial charge in [-0.2, -0.15) is 15.1 Å². The van der Waals surface area contributed by atoms with E-state index in [1.165, 1.54) is 12.1 Å². The topological polar surface area (TPSA) is 68.1 Å². The molecule has 0 radical (unpaired) electrons. The third-order valence-electron chi connectivity index (χ3n) is 4.25. The van der Waals surface area contributed by atoms with Crippen molar-refractivity contribution in [3.05, 3.63) is 41.8 Å². The summed E-state index contributed by atoms with van der Waals surface area (Å²) in [4.78, 5) is 11.5. The average molecular weight is 342 g/mol. The standard InChI is InChI=1S/C17H19FN6O/c1-23-16-14(11-20-23)15(19-10-12-2-4-13(18)5-3-12)21-17(22-16)24-6-8-25-9-7-24/h2-5,11H,6-10H2,1H3,(H,19,21,22). The lowest BCUT2D eigenvalue weighted by atomic mass is 10.2. The summed E-state index contributed by atoms with van der Waals surface area (Å²) < 4.78 is 20.2. The Hall–Kier alpha value is -2.74. The Morgan fingerprint density at radius 1 is 1.16 bits per heavy atom. The maximum Gasteiger partial charge on any atom is 0.229 e. The van der Waals surface area contributed by atoms with Gasteiger partial charge in [0.15, 0.2) is 5.65 Å². The van der Waals surface area contributed by atoms with Crippen LogP contribution in [0.15, 0.2) is 30.5 Å². The molecule has 1 aromatic carbocycles. The van der Waals surface area contributed by atoms with Gasteiger partial charge in [0.2, 0.25) is 5.95 Å². The molecule has 0 saturated carbocycles. The lowest BCUT2D eigenvalue weighted by Crippen LogP contribution is -2.37. The van der Waals surface area contributed by atoms with E-state index >= 15 is 0 Å². The molecule has 1 fully saturated rings. The van der Waals surface area contributed by atoms with Crippen molar-refractivity contribution in [3.8, 4) is 0 Å². The molecular formula is C17H19FN6O. The zero-order valence-electron chi connectivity index (χ0n) is 13.9. The summed E-state index contributed by atoms with van der Waals surface area (Å²) in [6, 6.07) is 6.42. The molecular weight excluding hydrogens is 323 g/mol. The number of halogens is 1. The van der Waals surface area contributed by atoms with Gasteiger partial charge < -0.3 is 15.0 Å². The number of rotatable bonds is 4. The van der Waals surface area contributed by atoms with Crippen molar-refractivity contribution >= 4 is 22.8 Å². The van der Waals surface area contributed by atoms with E-state index in [0.29, 0.717) is 25.7 Å². The summed E-state index contributed by atoms with van der Waals surface area (Å²) >= 11 is 0. The Balaban J connectivity index is 1.64. The number of aromatic nitrogens is 4. The van der Waals surface area contributed by atoms with Crippen molar-refractivity contribution in [1.82, 2.24) is 19.7 Å². The van der Waals surface area contributed by atoms with Gasteiger partial charge in [-0.05, 0) is 17.7 Å². The lowest BCUT2D eigenvalue weighted by molar-refractivity contribution is 0.122. The van der Waals surface area contributed by atoms with E-state index in [0.717, 1.165) is 35.5 Å². The van der Waals surface area contributed by atoms with Crippen LogP contribution in [0.25, 0.3) is 11.0 Å². The molecule has 1 aliphatic rings. The van der Waals surface area contributed by atoms with Crippen molar-refractivity contribution in [2.24, 2.45) is 7.05 Å². The number of benzene rings is 1. The molecule has 0 spiro atoms. The van der Waals surface area contributed by atoms with Gasteiger partial charge in [0.05, 0.1) is 24.8 Å². The Morgan fingerprint density at radius 3 is 2.68 bits per heavy atom. The Labute approximate surface area is 144 Å². The number of anilines is 2. The second kappa shape index (κ2) is 6.64. The molecule has 1 aliphatic heterocycles. The average Bonchev–Trinajstić information content (AvgIpc) is 3.03. The van der Waals surface area contributed by atoms with Crippen LogP contribution >= 0.6 is 0 Å². The smallest absolute Gasteiger partial charge is 0.229 e. The van der Waals surface area contributed by atoms with Crippen molar-refractivity contribution in [3.63, 3.8) is 0 Å². The fraction of sp³-hybridized carbons (Fsp3) is 0.353. The number of morpholine rings is 1. The van der Waals surface area contributed by atoms with Crippen LogP contribution in [0.5, 0.6) is 0 Å². The molecule has 0 atom stereocenters. The largest absolute Gasteiger partial charge is 0.378 e. The highest BCUT2D eigenvalue weighted by Crippen LogP contribution is 2.24. The summed E-state index contributed by atoms with van der Waals surface area (Å²) in [5.41, 5.74) is 1.75. The van der Waals surface area contributed by atoms with Gasteiger partial charge in [-0.3, -0.25) is 4.68 Å². The number of hydrogen-bond donors (Lipinski definition) is 1. The first kappa shape index (κ1) is 15.8. The van der Waals surface area contributed by atoms with Gasteiger partial charge in [-0.15, -0.1) is 0 Å². The molecule has 0 amide bonds. The number of fused-ring (bicyclic) bond motifs is 1. The van der Waals surface area contributed by atoms with Crippen molar-refractivity contribution in [1.29, 1.82) is 0 Å². The van der Waals surface area contributed by atoms with E-state index in [4.69, 9.17) is 9.72 Å². The molecule has 130 valence electrons. The highest BCUT2D eigenvalue weighted by molar-refractivity contribution is 5.87. The third-order valence-corrected chi connectivity index (χ3v) is 4.25. The summed E-state index contributed by atoms with van der Waals surface area (Å²) in [6.07, 6.45) is 1.76. The van der Waals surface area contributed by atoms with Crippen LogP contribution in [0, 0.1) is 5.82 Å². The Bertz CT molecular complexity index is 873. The second-order valence-electron chi connectivity index (χ2n) is 5.96. The van der Waals surface area contributed by atoms with Crippen LogP contribution in [0.2, 0.25) is 0 Å². The maximum absolute atomic E-state index is 13.1. The lowest BCUT2D eigenvalue weighted by Gasteiger charge is -2.27. The van der Waals surface area contributed by atoms with Crippen LogP contribution in [0.3, 0.4) is 0 Å². The van der Waals surface area contributed by atoms with Crippen LogP contribution in [-0.2, 0) is 18.3 Å². The van der Waals surface area contributed by atoms with Gasteiger partial charge >= 0.3 is 0 Å². The SMILES string of the molecule is Cn1ncc2c(NCc3ccc(F)cc3)nc(N3CCOCC3)nc21. The zero-order valence-corrected chi connectivity index (χ0v) is 13.9. The second-order valence-corrected chi connectivity index (χ2v) is 5.96.